The lowest BCUT2D eigenvalue weighted by Crippen LogP contribution is -2.12. The Labute approximate surface area is 140 Å². The van der Waals surface area contributed by atoms with Gasteiger partial charge in [0.1, 0.15) is 11.6 Å². The molecule has 0 aliphatic heterocycles. The zero-order valence-electron chi connectivity index (χ0n) is 11.7. The van der Waals surface area contributed by atoms with Crippen LogP contribution >= 0.6 is 23.2 Å². The summed E-state index contributed by atoms with van der Waals surface area (Å²) in [4.78, 5) is 27.0. The van der Waals surface area contributed by atoms with Crippen LogP contribution in [0.3, 0.4) is 0 Å². The zero-order valence-corrected chi connectivity index (χ0v) is 13.2. The molecule has 5 nitrogen and oxygen atoms in total. The van der Waals surface area contributed by atoms with Crippen LogP contribution in [0.4, 0.5) is 0 Å². The van der Waals surface area contributed by atoms with Gasteiger partial charge >= 0.3 is 0 Å². The number of rotatable bonds is 2. The van der Waals surface area contributed by atoms with Gasteiger partial charge in [-0.15, -0.1) is 0 Å². The molecule has 2 N–H and O–H groups in total. The first kappa shape index (κ1) is 14.2. The van der Waals surface area contributed by atoms with E-state index in [-0.39, 0.29) is 5.56 Å². The summed E-state index contributed by atoms with van der Waals surface area (Å²) in [5, 5.41) is 1.49. The van der Waals surface area contributed by atoms with Gasteiger partial charge in [-0.05, 0) is 24.3 Å². The summed E-state index contributed by atoms with van der Waals surface area (Å²) < 4.78 is 0. The van der Waals surface area contributed by atoms with Gasteiger partial charge in [0, 0.05) is 0 Å². The maximum Gasteiger partial charge on any atom is 0.258 e. The molecule has 0 fully saturated rings. The Bertz CT molecular complexity index is 1060. The minimum Gasteiger partial charge on any atom is -0.342 e. The fourth-order valence-electron chi connectivity index (χ4n) is 2.52. The Morgan fingerprint density at radius 1 is 0.913 bits per heavy atom. The van der Waals surface area contributed by atoms with Gasteiger partial charge in [0.15, 0.2) is 0 Å². The van der Waals surface area contributed by atoms with Crippen molar-refractivity contribution in [2.45, 2.75) is 6.42 Å². The molecule has 0 atom stereocenters. The molecular formula is C16H10Cl2N4O. The van der Waals surface area contributed by atoms with E-state index in [9.17, 15) is 4.79 Å². The molecule has 0 saturated carbocycles. The van der Waals surface area contributed by atoms with Gasteiger partial charge in [-0.25, -0.2) is 9.97 Å². The highest BCUT2D eigenvalue weighted by molar-refractivity contribution is 6.42. The lowest BCUT2D eigenvalue weighted by Gasteiger charge is -2.00. The lowest BCUT2D eigenvalue weighted by molar-refractivity contribution is 0.921. The van der Waals surface area contributed by atoms with Crippen LogP contribution < -0.4 is 5.56 Å². The number of para-hydroxylation sites is 1. The molecule has 0 saturated heterocycles. The summed E-state index contributed by atoms with van der Waals surface area (Å²) in [6.45, 7) is 0. The number of nitrogens with one attached hydrogen (secondary N) is 2. The molecule has 23 heavy (non-hydrogen) atoms. The standard InChI is InChI=1S/C16H10Cl2N4O/c17-9-5-12-13(6-10(9)18)21-14(20-12)7-15-19-11-4-2-1-3-8(11)16(23)22-15/h1-6H,7H2,(H,20,21)(H,19,22,23). The third-order valence-electron chi connectivity index (χ3n) is 3.57. The van der Waals surface area contributed by atoms with E-state index in [1.165, 1.54) is 0 Å². The van der Waals surface area contributed by atoms with Crippen LogP contribution in [-0.4, -0.2) is 19.9 Å². The summed E-state index contributed by atoms with van der Waals surface area (Å²) in [6.07, 6.45) is 0.379. The van der Waals surface area contributed by atoms with Gasteiger partial charge in [-0.3, -0.25) is 4.79 Å². The van der Waals surface area contributed by atoms with Crippen LogP contribution in [0.15, 0.2) is 41.2 Å². The van der Waals surface area contributed by atoms with Crippen molar-refractivity contribution in [2.24, 2.45) is 0 Å². The highest BCUT2D eigenvalue weighted by Crippen LogP contribution is 2.26. The van der Waals surface area contributed by atoms with Gasteiger partial charge in [-0.2, -0.15) is 0 Å². The average Bonchev–Trinajstić information content (AvgIpc) is 2.89. The second kappa shape index (κ2) is 5.37. The summed E-state index contributed by atoms with van der Waals surface area (Å²) in [5.74, 6) is 1.22. The molecule has 0 aliphatic rings. The smallest absolute Gasteiger partial charge is 0.258 e. The van der Waals surface area contributed by atoms with Crippen LogP contribution in [0.5, 0.6) is 0 Å². The topological polar surface area (TPSA) is 74.4 Å². The number of nitrogens with zero attached hydrogens (tertiary/aromatic N) is 2. The van der Waals surface area contributed by atoms with Gasteiger partial charge in [0.25, 0.3) is 5.56 Å². The second-order valence-electron chi connectivity index (χ2n) is 5.17. The van der Waals surface area contributed by atoms with Crippen molar-refractivity contribution < 1.29 is 0 Å². The highest BCUT2D eigenvalue weighted by Gasteiger charge is 2.09. The molecular weight excluding hydrogens is 335 g/mol. The van der Waals surface area contributed by atoms with Crippen molar-refractivity contribution in [3.8, 4) is 0 Å². The predicted octanol–water partition coefficient (Wildman–Crippen LogP) is 3.70. The zero-order chi connectivity index (χ0) is 16.0. The van der Waals surface area contributed by atoms with E-state index in [1.807, 2.05) is 18.2 Å². The summed E-state index contributed by atoms with van der Waals surface area (Å²) in [7, 11) is 0. The van der Waals surface area contributed by atoms with Crippen LogP contribution in [-0.2, 0) is 6.42 Å². The lowest BCUT2D eigenvalue weighted by atomic mass is 10.2. The van der Waals surface area contributed by atoms with Crippen LogP contribution in [0.1, 0.15) is 11.6 Å². The SMILES string of the molecule is O=c1[nH]c(Cc2nc3cc(Cl)c(Cl)cc3[nH]2)nc2ccccc12. The average molecular weight is 345 g/mol. The van der Waals surface area contributed by atoms with E-state index < -0.39 is 0 Å². The van der Waals surface area contributed by atoms with E-state index in [4.69, 9.17) is 23.2 Å². The number of imidazole rings is 1. The fourth-order valence-corrected chi connectivity index (χ4v) is 2.84. The van der Waals surface area contributed by atoms with Gasteiger partial charge in [0.05, 0.1) is 38.4 Å². The quantitative estimate of drug-likeness (QED) is 0.582. The Hall–Kier alpha value is -2.37. The molecule has 2 heterocycles. The normalized spacial score (nSPS) is 11.4. The molecule has 7 heteroatoms. The number of hydrogen-bond donors (Lipinski definition) is 2. The first-order valence-corrected chi connectivity index (χ1v) is 7.67. The molecule has 0 bridgehead atoms. The number of halogens is 2. The number of aromatic amines is 2. The maximum atomic E-state index is 12.1. The van der Waals surface area contributed by atoms with Crippen molar-refractivity contribution in [2.75, 3.05) is 0 Å². The summed E-state index contributed by atoms with van der Waals surface area (Å²) in [5.41, 5.74) is 2.01. The van der Waals surface area contributed by atoms with Crippen LogP contribution in [0.25, 0.3) is 21.9 Å². The van der Waals surface area contributed by atoms with E-state index in [2.05, 4.69) is 19.9 Å². The molecule has 114 valence electrons. The number of fused-ring (bicyclic) bond motifs is 2. The monoisotopic (exact) mass is 344 g/mol. The highest BCUT2D eigenvalue weighted by atomic mass is 35.5. The second-order valence-corrected chi connectivity index (χ2v) is 5.99. The predicted molar refractivity (Wildman–Crippen MR) is 91.3 cm³/mol. The summed E-state index contributed by atoms with van der Waals surface area (Å²) >= 11 is 12.0. The van der Waals surface area contributed by atoms with Gasteiger partial charge < -0.3 is 9.97 Å². The number of H-pyrrole nitrogens is 2. The molecule has 4 aromatic rings. The molecule has 2 aromatic heterocycles. The van der Waals surface area contributed by atoms with Crippen LogP contribution in [0.2, 0.25) is 10.0 Å². The third-order valence-corrected chi connectivity index (χ3v) is 4.29. The Morgan fingerprint density at radius 2 is 1.61 bits per heavy atom. The van der Waals surface area contributed by atoms with E-state index in [1.54, 1.807) is 18.2 Å². The van der Waals surface area contributed by atoms with Crippen LogP contribution in [0, 0.1) is 0 Å². The largest absolute Gasteiger partial charge is 0.342 e. The number of hydrogen-bond acceptors (Lipinski definition) is 3. The van der Waals surface area contributed by atoms with Crippen molar-refractivity contribution in [1.82, 2.24) is 19.9 Å². The van der Waals surface area contributed by atoms with Gasteiger partial charge in [0.2, 0.25) is 0 Å². The first-order chi connectivity index (χ1) is 11.1. The van der Waals surface area contributed by atoms with Crippen molar-refractivity contribution in [1.29, 1.82) is 0 Å². The van der Waals surface area contributed by atoms with Crippen molar-refractivity contribution >= 4 is 45.1 Å². The first-order valence-electron chi connectivity index (χ1n) is 6.92. The molecule has 4 rings (SSSR count). The Balaban J connectivity index is 1.77. The van der Waals surface area contributed by atoms with E-state index >= 15 is 0 Å². The van der Waals surface area contributed by atoms with Crippen molar-refractivity contribution in [3.05, 3.63) is 68.4 Å². The molecule has 2 aromatic carbocycles. The number of benzene rings is 2. The third kappa shape index (κ3) is 2.58. The molecule has 0 unspecified atom stereocenters. The fraction of sp³-hybridized carbons (Fsp3) is 0.0625. The summed E-state index contributed by atoms with van der Waals surface area (Å²) in [6, 6.07) is 10.7. The van der Waals surface area contributed by atoms with Gasteiger partial charge in [-0.1, -0.05) is 35.3 Å². The Kier molecular flexibility index (Phi) is 3.32. The Morgan fingerprint density at radius 3 is 2.48 bits per heavy atom. The van der Waals surface area contributed by atoms with E-state index in [0.29, 0.717) is 39.0 Å². The maximum absolute atomic E-state index is 12.1. The van der Waals surface area contributed by atoms with Crippen molar-refractivity contribution in [3.63, 3.8) is 0 Å². The number of aromatic nitrogens is 4. The molecule has 0 amide bonds. The minimum absolute atomic E-state index is 0.159. The molecule has 0 aliphatic carbocycles. The minimum atomic E-state index is -0.159. The molecule has 0 spiro atoms. The van der Waals surface area contributed by atoms with E-state index in [0.717, 1.165) is 11.0 Å². The molecule has 0 radical (unpaired) electrons.